The predicted molar refractivity (Wildman–Crippen MR) is 126 cm³/mol. The summed E-state index contributed by atoms with van der Waals surface area (Å²) in [5.74, 6) is -2.55. The van der Waals surface area contributed by atoms with E-state index in [0.29, 0.717) is 22.7 Å². The molecule has 4 heterocycles. The SMILES string of the molecule is COCCN1C(=O)[C@@H]2C(Cc3c[nH]c4ccccc34)NC3(C(=O)Nc4c(Cl)cccc43)[C@@H]2C1=O. The van der Waals surface area contributed by atoms with Gasteiger partial charge in [0.25, 0.3) is 0 Å². The Hall–Kier alpha value is -3.20. The zero-order chi connectivity index (χ0) is 23.6. The number of nitrogens with zero attached hydrogens (tertiary/aromatic N) is 1. The molecule has 34 heavy (non-hydrogen) atoms. The molecule has 174 valence electrons. The van der Waals surface area contributed by atoms with Crippen molar-refractivity contribution in [3.63, 3.8) is 0 Å². The molecule has 1 aromatic heterocycles. The van der Waals surface area contributed by atoms with Gasteiger partial charge in [0.15, 0.2) is 0 Å². The van der Waals surface area contributed by atoms with E-state index < -0.39 is 23.4 Å². The monoisotopic (exact) mass is 478 g/mol. The smallest absolute Gasteiger partial charge is 0.250 e. The van der Waals surface area contributed by atoms with Crippen LogP contribution in [-0.2, 0) is 31.1 Å². The molecule has 3 N–H and O–H groups in total. The number of nitrogens with one attached hydrogen (secondary N) is 3. The third-order valence-corrected chi connectivity index (χ3v) is 7.74. The highest BCUT2D eigenvalue weighted by molar-refractivity contribution is 6.35. The summed E-state index contributed by atoms with van der Waals surface area (Å²) in [6.07, 6.45) is 2.41. The number of imide groups is 1. The van der Waals surface area contributed by atoms with Crippen LogP contribution < -0.4 is 10.6 Å². The fraction of sp³-hybridized carbons (Fsp3) is 0.320. The zero-order valence-corrected chi connectivity index (χ0v) is 19.2. The fourth-order valence-corrected chi connectivity index (χ4v) is 6.19. The summed E-state index contributed by atoms with van der Waals surface area (Å²) >= 11 is 6.39. The number of aromatic nitrogens is 1. The first-order valence-electron chi connectivity index (χ1n) is 11.2. The maximum atomic E-state index is 13.7. The Balaban J connectivity index is 1.47. The molecule has 9 heteroatoms. The van der Waals surface area contributed by atoms with E-state index >= 15 is 0 Å². The number of fused-ring (bicyclic) bond motifs is 5. The maximum Gasteiger partial charge on any atom is 0.250 e. The largest absolute Gasteiger partial charge is 0.383 e. The highest BCUT2D eigenvalue weighted by Crippen LogP contribution is 2.54. The summed E-state index contributed by atoms with van der Waals surface area (Å²) in [4.78, 5) is 45.3. The first kappa shape index (κ1) is 21.3. The second-order valence-corrected chi connectivity index (χ2v) is 9.47. The van der Waals surface area contributed by atoms with Crippen molar-refractivity contribution in [3.8, 4) is 0 Å². The van der Waals surface area contributed by atoms with E-state index in [1.807, 2.05) is 30.5 Å². The molecular formula is C25H23ClN4O4. The van der Waals surface area contributed by atoms with Crippen LogP contribution in [0, 0.1) is 11.8 Å². The average molecular weight is 479 g/mol. The molecule has 0 saturated carbocycles. The lowest BCUT2D eigenvalue weighted by Crippen LogP contribution is -2.53. The third-order valence-electron chi connectivity index (χ3n) is 7.42. The number of carbonyl (C=O) groups excluding carboxylic acids is 3. The number of amides is 3. The molecule has 1 spiro atoms. The summed E-state index contributed by atoms with van der Waals surface area (Å²) in [6, 6.07) is 12.8. The lowest BCUT2D eigenvalue weighted by atomic mass is 9.76. The van der Waals surface area contributed by atoms with E-state index in [0.717, 1.165) is 16.5 Å². The molecule has 0 aliphatic carbocycles. The van der Waals surface area contributed by atoms with Gasteiger partial charge in [0.1, 0.15) is 5.54 Å². The van der Waals surface area contributed by atoms with E-state index in [-0.39, 0.29) is 30.9 Å². The number of anilines is 1. The maximum absolute atomic E-state index is 13.7. The van der Waals surface area contributed by atoms with Gasteiger partial charge >= 0.3 is 0 Å². The van der Waals surface area contributed by atoms with E-state index in [2.05, 4.69) is 15.6 Å². The Morgan fingerprint density at radius 3 is 2.74 bits per heavy atom. The van der Waals surface area contributed by atoms with Crippen LogP contribution in [0.5, 0.6) is 0 Å². The number of benzene rings is 2. The summed E-state index contributed by atoms with van der Waals surface area (Å²) in [5, 5.41) is 7.77. The van der Waals surface area contributed by atoms with Crippen LogP contribution in [-0.4, -0.2) is 53.9 Å². The Bertz CT molecular complexity index is 1350. The highest BCUT2D eigenvalue weighted by atomic mass is 35.5. The number of likely N-dealkylation sites (tertiary alicyclic amines) is 1. The molecule has 4 atom stereocenters. The number of hydrogen-bond acceptors (Lipinski definition) is 5. The number of hydrogen-bond donors (Lipinski definition) is 3. The molecule has 8 nitrogen and oxygen atoms in total. The van der Waals surface area contributed by atoms with Crippen molar-refractivity contribution >= 4 is 45.9 Å². The van der Waals surface area contributed by atoms with Crippen LogP contribution >= 0.6 is 11.6 Å². The van der Waals surface area contributed by atoms with Gasteiger partial charge in [0.05, 0.1) is 35.7 Å². The van der Waals surface area contributed by atoms with Gasteiger partial charge in [-0.25, -0.2) is 0 Å². The predicted octanol–water partition coefficient (Wildman–Crippen LogP) is 2.43. The van der Waals surface area contributed by atoms with Gasteiger partial charge in [0.2, 0.25) is 17.7 Å². The number of aromatic amines is 1. The molecule has 3 aliphatic rings. The van der Waals surface area contributed by atoms with Crippen molar-refractivity contribution in [2.75, 3.05) is 25.6 Å². The molecule has 2 aromatic carbocycles. The standard InChI is InChI=1S/C25H23ClN4O4/c1-34-10-9-30-22(31)19-18(11-13-12-27-17-8-3-2-5-14(13)17)29-25(20(19)23(30)32)15-6-4-7-16(26)21(15)28-24(25)33/h2-8,12,18-20,27,29H,9-11H2,1H3,(H,28,33)/t18?,19-,20+,25?/m1/s1. The van der Waals surface area contributed by atoms with Crippen LogP contribution in [0.4, 0.5) is 5.69 Å². The number of rotatable bonds is 5. The van der Waals surface area contributed by atoms with Crippen LogP contribution in [0.3, 0.4) is 0 Å². The summed E-state index contributed by atoms with van der Waals surface area (Å²) in [7, 11) is 1.53. The van der Waals surface area contributed by atoms with E-state index in [9.17, 15) is 14.4 Å². The van der Waals surface area contributed by atoms with Crippen molar-refractivity contribution in [2.45, 2.75) is 18.0 Å². The Kier molecular flexibility index (Phi) is 4.81. The molecule has 0 radical (unpaired) electrons. The van der Waals surface area contributed by atoms with Crippen molar-refractivity contribution in [1.82, 2.24) is 15.2 Å². The quantitative estimate of drug-likeness (QED) is 0.489. The second kappa shape index (κ2) is 7.66. The van der Waals surface area contributed by atoms with E-state index in [1.165, 1.54) is 12.0 Å². The van der Waals surface area contributed by atoms with Crippen molar-refractivity contribution in [3.05, 3.63) is 64.8 Å². The van der Waals surface area contributed by atoms with Gasteiger partial charge in [-0.2, -0.15) is 0 Å². The number of halogens is 1. The zero-order valence-electron chi connectivity index (χ0n) is 18.4. The average Bonchev–Trinajstić information content (AvgIpc) is 3.54. The van der Waals surface area contributed by atoms with Crippen LogP contribution in [0.25, 0.3) is 10.9 Å². The number of ether oxygens (including phenoxy) is 1. The summed E-state index contributed by atoms with van der Waals surface area (Å²) < 4.78 is 5.13. The molecule has 3 amide bonds. The minimum Gasteiger partial charge on any atom is -0.383 e. The summed E-state index contributed by atoms with van der Waals surface area (Å²) in [6.45, 7) is 0.389. The third kappa shape index (κ3) is 2.76. The molecule has 6 rings (SSSR count). The van der Waals surface area contributed by atoms with Crippen LogP contribution in [0.2, 0.25) is 5.02 Å². The number of carbonyl (C=O) groups is 3. The minimum absolute atomic E-state index is 0.154. The topological polar surface area (TPSA) is 104 Å². The van der Waals surface area contributed by atoms with Crippen molar-refractivity contribution in [1.29, 1.82) is 0 Å². The van der Waals surface area contributed by atoms with Crippen LogP contribution in [0.1, 0.15) is 11.1 Å². The Labute approximate surface area is 200 Å². The van der Waals surface area contributed by atoms with Gasteiger partial charge < -0.3 is 15.0 Å². The molecule has 2 saturated heterocycles. The lowest BCUT2D eigenvalue weighted by Gasteiger charge is -2.29. The van der Waals surface area contributed by atoms with E-state index in [4.69, 9.17) is 16.3 Å². The lowest BCUT2D eigenvalue weighted by molar-refractivity contribution is -0.143. The van der Waals surface area contributed by atoms with Crippen LogP contribution in [0.15, 0.2) is 48.7 Å². The Morgan fingerprint density at radius 2 is 1.91 bits per heavy atom. The molecule has 2 unspecified atom stereocenters. The summed E-state index contributed by atoms with van der Waals surface area (Å²) in [5.41, 5.74) is 1.74. The molecule has 0 bridgehead atoms. The molecule has 3 aromatic rings. The highest BCUT2D eigenvalue weighted by Gasteiger charge is 2.70. The van der Waals surface area contributed by atoms with Crippen molar-refractivity contribution < 1.29 is 19.1 Å². The van der Waals surface area contributed by atoms with Gasteiger partial charge in [-0.15, -0.1) is 0 Å². The normalized spacial score (nSPS) is 27.6. The number of H-pyrrole nitrogens is 1. The van der Waals surface area contributed by atoms with Gasteiger partial charge in [-0.3, -0.25) is 24.6 Å². The molecule has 2 fully saturated rings. The molecule has 3 aliphatic heterocycles. The van der Waals surface area contributed by atoms with Crippen molar-refractivity contribution in [2.24, 2.45) is 11.8 Å². The number of para-hydroxylation sites is 2. The fourth-order valence-electron chi connectivity index (χ4n) is 5.97. The molecular weight excluding hydrogens is 456 g/mol. The minimum atomic E-state index is -1.36. The number of methoxy groups -OCH3 is 1. The first-order valence-corrected chi connectivity index (χ1v) is 11.6. The first-order chi connectivity index (χ1) is 16.5. The Morgan fingerprint density at radius 1 is 1.09 bits per heavy atom. The van der Waals surface area contributed by atoms with Gasteiger partial charge in [0, 0.05) is 35.8 Å². The van der Waals surface area contributed by atoms with E-state index in [1.54, 1.807) is 18.2 Å². The van der Waals surface area contributed by atoms with Gasteiger partial charge in [-0.1, -0.05) is 41.9 Å². The van der Waals surface area contributed by atoms with Gasteiger partial charge in [-0.05, 0) is 24.1 Å². The second-order valence-electron chi connectivity index (χ2n) is 9.06.